The van der Waals surface area contributed by atoms with Gasteiger partial charge in [0.25, 0.3) is 0 Å². The Kier molecular flexibility index (Phi) is 4.58. The Balaban J connectivity index is 2.05. The lowest BCUT2D eigenvalue weighted by Gasteiger charge is -2.20. The van der Waals surface area contributed by atoms with Gasteiger partial charge in [-0.05, 0) is 38.8 Å². The number of carbonyl (C=O) groups is 1. The summed E-state index contributed by atoms with van der Waals surface area (Å²) in [5, 5.41) is 7.81. The van der Waals surface area contributed by atoms with Crippen molar-refractivity contribution in [2.45, 2.75) is 40.2 Å². The van der Waals surface area contributed by atoms with Crippen molar-refractivity contribution >= 4 is 5.91 Å². The first kappa shape index (κ1) is 14.1. The highest BCUT2D eigenvalue weighted by Crippen LogP contribution is 2.13. The zero-order valence-electron chi connectivity index (χ0n) is 12.2. The standard InChI is InChI=1S/C14H24N4O/c1-4-13-11(2)16-18(12(13)3)10-14(19)17-8-5-6-15-7-9-17/h15H,4-10H2,1-3H3. The lowest BCUT2D eigenvalue weighted by Crippen LogP contribution is -2.36. The summed E-state index contributed by atoms with van der Waals surface area (Å²) in [6.07, 6.45) is 2.00. The van der Waals surface area contributed by atoms with E-state index in [4.69, 9.17) is 0 Å². The van der Waals surface area contributed by atoms with E-state index in [9.17, 15) is 4.79 Å². The average Bonchev–Trinajstić information content (AvgIpc) is 2.62. The second-order valence-electron chi connectivity index (χ2n) is 5.14. The molecule has 2 rings (SSSR count). The van der Waals surface area contributed by atoms with Gasteiger partial charge in [0.05, 0.1) is 5.69 Å². The maximum Gasteiger partial charge on any atom is 0.244 e. The second-order valence-corrected chi connectivity index (χ2v) is 5.14. The van der Waals surface area contributed by atoms with Gasteiger partial charge in [-0.2, -0.15) is 5.10 Å². The van der Waals surface area contributed by atoms with E-state index in [1.165, 1.54) is 5.56 Å². The molecule has 0 aliphatic carbocycles. The molecule has 0 atom stereocenters. The highest BCUT2D eigenvalue weighted by molar-refractivity contribution is 5.76. The van der Waals surface area contributed by atoms with Crippen LogP contribution in [0.2, 0.25) is 0 Å². The molecule has 1 aromatic rings. The minimum Gasteiger partial charge on any atom is -0.340 e. The number of nitrogens with zero attached hydrogens (tertiary/aromatic N) is 3. The number of amides is 1. The molecule has 0 aromatic carbocycles. The van der Waals surface area contributed by atoms with Crippen LogP contribution in [0.15, 0.2) is 0 Å². The maximum absolute atomic E-state index is 12.3. The van der Waals surface area contributed by atoms with E-state index < -0.39 is 0 Å². The van der Waals surface area contributed by atoms with E-state index in [1.54, 1.807) is 0 Å². The number of nitrogens with one attached hydrogen (secondary N) is 1. The summed E-state index contributed by atoms with van der Waals surface area (Å²) >= 11 is 0. The normalized spacial score (nSPS) is 16.5. The third-order valence-electron chi connectivity index (χ3n) is 3.86. The van der Waals surface area contributed by atoms with Gasteiger partial charge in [0.1, 0.15) is 6.54 Å². The predicted molar refractivity (Wildman–Crippen MR) is 75.1 cm³/mol. The molecule has 1 N–H and O–H groups in total. The maximum atomic E-state index is 12.3. The van der Waals surface area contributed by atoms with E-state index in [-0.39, 0.29) is 5.91 Å². The number of hydrogen-bond acceptors (Lipinski definition) is 3. The molecule has 0 saturated carbocycles. The van der Waals surface area contributed by atoms with Gasteiger partial charge in [-0.1, -0.05) is 6.92 Å². The molecule has 1 aliphatic rings. The summed E-state index contributed by atoms with van der Waals surface area (Å²) in [5.74, 6) is 0.178. The molecule has 0 bridgehead atoms. The van der Waals surface area contributed by atoms with Crippen molar-refractivity contribution in [2.24, 2.45) is 0 Å². The molecule has 2 heterocycles. The van der Waals surface area contributed by atoms with Gasteiger partial charge < -0.3 is 10.2 Å². The van der Waals surface area contributed by atoms with Crippen molar-refractivity contribution in [1.29, 1.82) is 0 Å². The fourth-order valence-corrected chi connectivity index (χ4v) is 2.72. The highest BCUT2D eigenvalue weighted by Gasteiger charge is 2.18. The molecule has 0 unspecified atom stereocenters. The van der Waals surface area contributed by atoms with Crippen LogP contribution in [0.25, 0.3) is 0 Å². The third kappa shape index (κ3) is 3.15. The summed E-state index contributed by atoms with van der Waals surface area (Å²) < 4.78 is 1.86. The highest BCUT2D eigenvalue weighted by atomic mass is 16.2. The summed E-state index contributed by atoms with van der Waals surface area (Å²) in [7, 11) is 0. The van der Waals surface area contributed by atoms with E-state index in [0.29, 0.717) is 6.54 Å². The first-order valence-electron chi connectivity index (χ1n) is 7.14. The van der Waals surface area contributed by atoms with Crippen LogP contribution in [0.3, 0.4) is 0 Å². The summed E-state index contributed by atoms with van der Waals surface area (Å²) in [5.41, 5.74) is 3.44. The summed E-state index contributed by atoms with van der Waals surface area (Å²) in [4.78, 5) is 14.3. The second kappa shape index (κ2) is 6.19. The van der Waals surface area contributed by atoms with Gasteiger partial charge in [-0.3, -0.25) is 9.48 Å². The Morgan fingerprint density at radius 1 is 1.32 bits per heavy atom. The Bertz CT molecular complexity index is 445. The Labute approximate surface area is 115 Å². The molecule has 5 nitrogen and oxygen atoms in total. The molecule has 1 fully saturated rings. The monoisotopic (exact) mass is 264 g/mol. The van der Waals surface area contributed by atoms with Crippen LogP contribution in [0.5, 0.6) is 0 Å². The van der Waals surface area contributed by atoms with Crippen molar-refractivity contribution in [2.75, 3.05) is 26.2 Å². The molecule has 1 aromatic heterocycles. The summed E-state index contributed by atoms with van der Waals surface area (Å²) in [6.45, 7) is 10.1. The zero-order valence-corrected chi connectivity index (χ0v) is 12.2. The smallest absolute Gasteiger partial charge is 0.244 e. The minimum atomic E-state index is 0.178. The van der Waals surface area contributed by atoms with Crippen LogP contribution in [-0.2, 0) is 17.8 Å². The van der Waals surface area contributed by atoms with Crippen molar-refractivity contribution in [1.82, 2.24) is 20.0 Å². The molecule has 1 aliphatic heterocycles. The molecule has 5 heteroatoms. The fraction of sp³-hybridized carbons (Fsp3) is 0.714. The quantitative estimate of drug-likeness (QED) is 0.882. The van der Waals surface area contributed by atoms with Crippen molar-refractivity contribution < 1.29 is 4.79 Å². The predicted octanol–water partition coefficient (Wildman–Crippen LogP) is 0.884. The number of aromatic nitrogens is 2. The zero-order chi connectivity index (χ0) is 13.8. The Morgan fingerprint density at radius 2 is 2.11 bits per heavy atom. The van der Waals surface area contributed by atoms with Crippen LogP contribution in [0.4, 0.5) is 0 Å². The lowest BCUT2D eigenvalue weighted by molar-refractivity contribution is -0.131. The first-order valence-corrected chi connectivity index (χ1v) is 7.14. The molecule has 1 amide bonds. The third-order valence-corrected chi connectivity index (χ3v) is 3.86. The van der Waals surface area contributed by atoms with Crippen molar-refractivity contribution in [3.05, 3.63) is 17.0 Å². The van der Waals surface area contributed by atoms with E-state index in [2.05, 4.69) is 24.3 Å². The molecule has 19 heavy (non-hydrogen) atoms. The Morgan fingerprint density at radius 3 is 2.79 bits per heavy atom. The Hall–Kier alpha value is -1.36. The SMILES string of the molecule is CCc1c(C)nn(CC(=O)N2CCCNCC2)c1C. The van der Waals surface area contributed by atoms with Crippen LogP contribution in [-0.4, -0.2) is 46.8 Å². The first-order chi connectivity index (χ1) is 9.13. The van der Waals surface area contributed by atoms with Gasteiger partial charge >= 0.3 is 0 Å². The molecule has 1 saturated heterocycles. The fourth-order valence-electron chi connectivity index (χ4n) is 2.72. The van der Waals surface area contributed by atoms with Crippen LogP contribution in [0.1, 0.15) is 30.3 Å². The van der Waals surface area contributed by atoms with E-state index in [0.717, 1.165) is 50.4 Å². The van der Waals surface area contributed by atoms with Gasteiger partial charge in [-0.15, -0.1) is 0 Å². The van der Waals surface area contributed by atoms with E-state index in [1.807, 2.05) is 16.5 Å². The molecular weight excluding hydrogens is 240 g/mol. The molecule has 0 spiro atoms. The van der Waals surface area contributed by atoms with Crippen molar-refractivity contribution in [3.63, 3.8) is 0 Å². The van der Waals surface area contributed by atoms with Crippen LogP contribution >= 0.6 is 0 Å². The van der Waals surface area contributed by atoms with Gasteiger partial charge in [-0.25, -0.2) is 0 Å². The summed E-state index contributed by atoms with van der Waals surface area (Å²) in [6, 6.07) is 0. The van der Waals surface area contributed by atoms with Crippen molar-refractivity contribution in [3.8, 4) is 0 Å². The number of carbonyl (C=O) groups excluding carboxylic acids is 1. The van der Waals surface area contributed by atoms with Gasteiger partial charge in [0, 0.05) is 25.3 Å². The molecule has 0 radical (unpaired) electrons. The number of aryl methyl sites for hydroxylation is 1. The minimum absolute atomic E-state index is 0.178. The van der Waals surface area contributed by atoms with Gasteiger partial charge in [0.2, 0.25) is 5.91 Å². The van der Waals surface area contributed by atoms with Crippen LogP contribution < -0.4 is 5.32 Å². The topological polar surface area (TPSA) is 50.2 Å². The average molecular weight is 264 g/mol. The van der Waals surface area contributed by atoms with E-state index >= 15 is 0 Å². The van der Waals surface area contributed by atoms with Crippen LogP contribution in [0, 0.1) is 13.8 Å². The number of rotatable bonds is 3. The largest absolute Gasteiger partial charge is 0.340 e. The molecule has 106 valence electrons. The molecular formula is C14H24N4O. The number of hydrogen-bond donors (Lipinski definition) is 1. The van der Waals surface area contributed by atoms with Gasteiger partial charge in [0.15, 0.2) is 0 Å². The lowest BCUT2D eigenvalue weighted by atomic mass is 10.1.